The first kappa shape index (κ1) is 15.0. The number of hydrogen-bond acceptors (Lipinski definition) is 3. The minimum absolute atomic E-state index is 0.225. The first-order chi connectivity index (χ1) is 9.76. The smallest absolute Gasteiger partial charge is 0.0834 e. The second-order valence-corrected chi connectivity index (χ2v) is 5.11. The van der Waals surface area contributed by atoms with Gasteiger partial charge in [-0.2, -0.15) is 5.10 Å². The summed E-state index contributed by atoms with van der Waals surface area (Å²) < 4.78 is 1.97. The molecule has 0 aromatic carbocycles. The third kappa shape index (κ3) is 3.58. The zero-order valence-corrected chi connectivity index (χ0v) is 12.8. The highest BCUT2D eigenvalue weighted by Gasteiger charge is 2.19. The van der Waals surface area contributed by atoms with Crippen LogP contribution in [0.4, 0.5) is 0 Å². The van der Waals surface area contributed by atoms with Crippen molar-refractivity contribution in [2.75, 3.05) is 6.54 Å². The van der Waals surface area contributed by atoms with Crippen molar-refractivity contribution in [1.82, 2.24) is 20.1 Å². The van der Waals surface area contributed by atoms with Crippen LogP contribution < -0.4 is 5.32 Å². The molecule has 1 atom stereocenters. The van der Waals surface area contributed by atoms with Crippen LogP contribution in [0.25, 0.3) is 0 Å². The van der Waals surface area contributed by atoms with Crippen molar-refractivity contribution in [3.05, 3.63) is 47.0 Å². The molecular formula is C15H21ClN4. The molecule has 0 aliphatic heterocycles. The van der Waals surface area contributed by atoms with Crippen LogP contribution in [-0.2, 0) is 13.0 Å². The van der Waals surface area contributed by atoms with E-state index in [9.17, 15) is 0 Å². The molecule has 2 aromatic rings. The fraction of sp³-hybridized carbons (Fsp3) is 0.467. The molecule has 2 aromatic heterocycles. The minimum atomic E-state index is 0.225. The van der Waals surface area contributed by atoms with E-state index in [0.717, 1.165) is 36.6 Å². The van der Waals surface area contributed by atoms with E-state index in [-0.39, 0.29) is 6.04 Å². The van der Waals surface area contributed by atoms with E-state index in [1.54, 1.807) is 6.20 Å². The van der Waals surface area contributed by atoms with E-state index in [0.29, 0.717) is 0 Å². The van der Waals surface area contributed by atoms with Crippen LogP contribution in [-0.4, -0.2) is 21.3 Å². The molecule has 20 heavy (non-hydrogen) atoms. The van der Waals surface area contributed by atoms with Crippen molar-refractivity contribution < 1.29 is 0 Å². The molecule has 1 N–H and O–H groups in total. The van der Waals surface area contributed by atoms with E-state index in [4.69, 9.17) is 11.6 Å². The Morgan fingerprint density at radius 3 is 2.70 bits per heavy atom. The van der Waals surface area contributed by atoms with Gasteiger partial charge in [-0.05, 0) is 44.0 Å². The van der Waals surface area contributed by atoms with E-state index >= 15 is 0 Å². The van der Waals surface area contributed by atoms with Crippen molar-refractivity contribution >= 4 is 11.6 Å². The Balaban J connectivity index is 2.12. The summed E-state index contributed by atoms with van der Waals surface area (Å²) in [4.78, 5) is 4.05. The normalized spacial score (nSPS) is 12.6. The van der Waals surface area contributed by atoms with Gasteiger partial charge in [0, 0.05) is 18.9 Å². The molecule has 0 amide bonds. The van der Waals surface area contributed by atoms with Crippen LogP contribution in [0.1, 0.15) is 37.6 Å². The number of pyridine rings is 1. The van der Waals surface area contributed by atoms with E-state index in [1.807, 2.05) is 17.1 Å². The van der Waals surface area contributed by atoms with Gasteiger partial charge in [-0.25, -0.2) is 0 Å². The highest BCUT2D eigenvalue weighted by Crippen LogP contribution is 2.26. The van der Waals surface area contributed by atoms with Gasteiger partial charge in [0.15, 0.2) is 0 Å². The number of halogens is 1. The standard InChI is InChI=1S/C15H21ClN4/c1-3-18-14(6-5-12-7-9-17-10-8-12)15-13(16)11-19-20(15)4-2/h7-11,14,18H,3-6H2,1-2H3. The third-order valence-corrected chi connectivity index (χ3v) is 3.68. The summed E-state index contributed by atoms with van der Waals surface area (Å²) in [6, 6.07) is 4.34. The van der Waals surface area contributed by atoms with Crippen molar-refractivity contribution in [3.63, 3.8) is 0 Å². The summed E-state index contributed by atoms with van der Waals surface area (Å²) in [6.07, 6.45) is 7.38. The van der Waals surface area contributed by atoms with Gasteiger partial charge in [0.05, 0.1) is 23.0 Å². The molecule has 0 spiro atoms. The molecule has 0 aliphatic carbocycles. The number of nitrogens with zero attached hydrogens (tertiary/aromatic N) is 3. The Kier molecular flexibility index (Phi) is 5.56. The maximum absolute atomic E-state index is 6.30. The predicted molar refractivity (Wildman–Crippen MR) is 81.9 cm³/mol. The average Bonchev–Trinajstić information content (AvgIpc) is 2.85. The van der Waals surface area contributed by atoms with Gasteiger partial charge in [-0.15, -0.1) is 0 Å². The maximum Gasteiger partial charge on any atom is 0.0834 e. The minimum Gasteiger partial charge on any atom is -0.309 e. The summed E-state index contributed by atoms with van der Waals surface area (Å²) in [7, 11) is 0. The molecule has 5 heteroatoms. The second kappa shape index (κ2) is 7.41. The largest absolute Gasteiger partial charge is 0.309 e. The molecule has 0 saturated heterocycles. The Labute approximate surface area is 125 Å². The highest BCUT2D eigenvalue weighted by atomic mass is 35.5. The third-order valence-electron chi connectivity index (χ3n) is 3.38. The van der Waals surface area contributed by atoms with Gasteiger partial charge in [0.25, 0.3) is 0 Å². The lowest BCUT2D eigenvalue weighted by molar-refractivity contribution is 0.467. The van der Waals surface area contributed by atoms with Crippen molar-refractivity contribution in [3.8, 4) is 0 Å². The number of aromatic nitrogens is 3. The lowest BCUT2D eigenvalue weighted by Crippen LogP contribution is -2.24. The monoisotopic (exact) mass is 292 g/mol. The van der Waals surface area contributed by atoms with Gasteiger partial charge in [0.1, 0.15) is 0 Å². The zero-order valence-electron chi connectivity index (χ0n) is 12.0. The van der Waals surface area contributed by atoms with Crippen LogP contribution in [0.3, 0.4) is 0 Å². The van der Waals surface area contributed by atoms with Crippen LogP contribution >= 0.6 is 11.6 Å². The molecule has 1 unspecified atom stereocenters. The van der Waals surface area contributed by atoms with Gasteiger partial charge in [-0.1, -0.05) is 18.5 Å². The molecular weight excluding hydrogens is 272 g/mol. The van der Waals surface area contributed by atoms with E-state index < -0.39 is 0 Å². The SMILES string of the molecule is CCNC(CCc1ccncc1)c1c(Cl)cnn1CC. The van der Waals surface area contributed by atoms with Crippen LogP contribution in [0, 0.1) is 0 Å². The van der Waals surface area contributed by atoms with E-state index in [2.05, 4.69) is 41.4 Å². The summed E-state index contributed by atoms with van der Waals surface area (Å²) >= 11 is 6.30. The molecule has 0 fully saturated rings. The molecule has 108 valence electrons. The first-order valence-electron chi connectivity index (χ1n) is 7.09. The number of rotatable bonds is 7. The molecule has 2 rings (SSSR count). The second-order valence-electron chi connectivity index (χ2n) is 4.70. The zero-order chi connectivity index (χ0) is 14.4. The van der Waals surface area contributed by atoms with Crippen LogP contribution in [0.15, 0.2) is 30.7 Å². The first-order valence-corrected chi connectivity index (χ1v) is 7.47. The van der Waals surface area contributed by atoms with Gasteiger partial charge in [-0.3, -0.25) is 9.67 Å². The van der Waals surface area contributed by atoms with Crippen molar-refractivity contribution in [2.45, 2.75) is 39.3 Å². The van der Waals surface area contributed by atoms with Gasteiger partial charge < -0.3 is 5.32 Å². The average molecular weight is 293 g/mol. The molecule has 0 aliphatic rings. The van der Waals surface area contributed by atoms with Crippen LogP contribution in [0.2, 0.25) is 5.02 Å². The predicted octanol–water partition coefficient (Wildman–Crippen LogP) is 3.23. The maximum atomic E-state index is 6.30. The Bertz CT molecular complexity index is 524. The van der Waals surface area contributed by atoms with Gasteiger partial charge >= 0.3 is 0 Å². The quantitative estimate of drug-likeness (QED) is 0.852. The Morgan fingerprint density at radius 2 is 2.05 bits per heavy atom. The number of aryl methyl sites for hydroxylation is 2. The molecule has 4 nitrogen and oxygen atoms in total. The van der Waals surface area contributed by atoms with Gasteiger partial charge in [0.2, 0.25) is 0 Å². The van der Waals surface area contributed by atoms with E-state index in [1.165, 1.54) is 5.56 Å². The molecule has 2 heterocycles. The lowest BCUT2D eigenvalue weighted by atomic mass is 10.0. The summed E-state index contributed by atoms with van der Waals surface area (Å²) in [5, 5.41) is 8.58. The molecule has 0 radical (unpaired) electrons. The summed E-state index contributed by atoms with van der Waals surface area (Å²) in [5.74, 6) is 0. The Hall–Kier alpha value is -1.39. The fourth-order valence-corrected chi connectivity index (χ4v) is 2.69. The summed E-state index contributed by atoms with van der Waals surface area (Å²) in [6.45, 7) is 5.93. The molecule has 0 bridgehead atoms. The van der Waals surface area contributed by atoms with Crippen LogP contribution in [0.5, 0.6) is 0 Å². The summed E-state index contributed by atoms with van der Waals surface area (Å²) in [5.41, 5.74) is 2.38. The fourth-order valence-electron chi connectivity index (χ4n) is 2.41. The topological polar surface area (TPSA) is 42.7 Å². The van der Waals surface area contributed by atoms with Crippen molar-refractivity contribution in [1.29, 1.82) is 0 Å². The number of hydrogen-bond donors (Lipinski definition) is 1. The number of nitrogens with one attached hydrogen (secondary N) is 1. The molecule has 0 saturated carbocycles. The van der Waals surface area contributed by atoms with Crippen molar-refractivity contribution in [2.24, 2.45) is 0 Å². The highest BCUT2D eigenvalue weighted by molar-refractivity contribution is 6.31. The lowest BCUT2D eigenvalue weighted by Gasteiger charge is -2.19. The Morgan fingerprint density at radius 1 is 1.30 bits per heavy atom.